The number of ketones is 1. The first-order chi connectivity index (χ1) is 13.1. The SMILES string of the molecule is CC(=O)CN1CCN(c2nc(-c3ccccc3Cl)nc3ccccc23)CC1. The molecule has 1 saturated heterocycles. The summed E-state index contributed by atoms with van der Waals surface area (Å²) in [5, 5.41) is 1.68. The molecular weight excluding hydrogens is 360 g/mol. The van der Waals surface area contributed by atoms with Crippen LogP contribution in [0.3, 0.4) is 0 Å². The molecule has 138 valence electrons. The van der Waals surface area contributed by atoms with E-state index in [1.165, 1.54) is 0 Å². The Morgan fingerprint density at radius 2 is 1.70 bits per heavy atom. The number of halogens is 1. The van der Waals surface area contributed by atoms with Gasteiger partial charge in [-0.15, -0.1) is 0 Å². The maximum Gasteiger partial charge on any atom is 0.163 e. The fourth-order valence-electron chi connectivity index (χ4n) is 3.50. The zero-order valence-electron chi connectivity index (χ0n) is 15.2. The normalized spacial score (nSPS) is 15.3. The van der Waals surface area contributed by atoms with Crippen LogP contribution in [-0.4, -0.2) is 53.4 Å². The van der Waals surface area contributed by atoms with Gasteiger partial charge in [0.2, 0.25) is 0 Å². The second kappa shape index (κ2) is 7.62. The van der Waals surface area contributed by atoms with Gasteiger partial charge in [0.15, 0.2) is 5.82 Å². The number of anilines is 1. The maximum atomic E-state index is 11.4. The molecule has 27 heavy (non-hydrogen) atoms. The molecule has 5 nitrogen and oxygen atoms in total. The maximum absolute atomic E-state index is 11.4. The Morgan fingerprint density at radius 3 is 2.44 bits per heavy atom. The fraction of sp³-hybridized carbons (Fsp3) is 0.286. The lowest BCUT2D eigenvalue weighted by molar-refractivity contribution is -0.118. The van der Waals surface area contributed by atoms with Crippen LogP contribution in [0, 0.1) is 0 Å². The summed E-state index contributed by atoms with van der Waals surface area (Å²) < 4.78 is 0. The molecule has 2 aromatic carbocycles. The summed E-state index contributed by atoms with van der Waals surface area (Å²) in [6.45, 7) is 5.51. The first kappa shape index (κ1) is 17.9. The van der Waals surface area contributed by atoms with Crippen LogP contribution >= 0.6 is 11.6 Å². The molecule has 4 rings (SSSR count). The number of rotatable bonds is 4. The first-order valence-corrected chi connectivity index (χ1v) is 9.48. The number of carbonyl (C=O) groups excluding carboxylic acids is 1. The van der Waals surface area contributed by atoms with Crippen LogP contribution in [0.2, 0.25) is 5.02 Å². The molecule has 1 aliphatic heterocycles. The van der Waals surface area contributed by atoms with E-state index in [-0.39, 0.29) is 5.78 Å². The third-order valence-electron chi connectivity index (χ3n) is 4.82. The van der Waals surface area contributed by atoms with Gasteiger partial charge in [-0.25, -0.2) is 9.97 Å². The predicted molar refractivity (Wildman–Crippen MR) is 109 cm³/mol. The minimum Gasteiger partial charge on any atom is -0.353 e. The van der Waals surface area contributed by atoms with Crippen molar-refractivity contribution in [2.45, 2.75) is 6.92 Å². The first-order valence-electron chi connectivity index (χ1n) is 9.10. The number of Topliss-reactive ketones (excluding diaryl/α,β-unsaturated/α-hetero) is 1. The third kappa shape index (κ3) is 3.80. The van der Waals surface area contributed by atoms with Crippen molar-refractivity contribution in [1.82, 2.24) is 14.9 Å². The Kier molecular flexibility index (Phi) is 5.05. The van der Waals surface area contributed by atoms with Crippen molar-refractivity contribution in [3.63, 3.8) is 0 Å². The number of para-hydroxylation sites is 1. The molecule has 0 radical (unpaired) electrons. The van der Waals surface area contributed by atoms with Crippen LogP contribution in [-0.2, 0) is 4.79 Å². The van der Waals surface area contributed by atoms with Gasteiger partial charge in [0, 0.05) is 37.1 Å². The molecule has 0 amide bonds. The van der Waals surface area contributed by atoms with Gasteiger partial charge in [0.1, 0.15) is 11.6 Å². The molecule has 1 aromatic heterocycles. The fourth-order valence-corrected chi connectivity index (χ4v) is 3.72. The molecule has 6 heteroatoms. The molecule has 0 bridgehead atoms. The predicted octanol–water partition coefficient (Wildman–Crippen LogP) is 3.66. The van der Waals surface area contributed by atoms with Crippen molar-refractivity contribution in [3.05, 3.63) is 53.6 Å². The van der Waals surface area contributed by atoms with Gasteiger partial charge in [-0.2, -0.15) is 0 Å². The zero-order chi connectivity index (χ0) is 18.8. The van der Waals surface area contributed by atoms with Crippen LogP contribution in [0.25, 0.3) is 22.3 Å². The van der Waals surface area contributed by atoms with Crippen molar-refractivity contribution in [2.24, 2.45) is 0 Å². The Balaban J connectivity index is 1.72. The average molecular weight is 381 g/mol. The van der Waals surface area contributed by atoms with Gasteiger partial charge in [0.25, 0.3) is 0 Å². The number of aromatic nitrogens is 2. The Bertz CT molecular complexity index is 983. The van der Waals surface area contributed by atoms with E-state index in [1.807, 2.05) is 42.5 Å². The second-order valence-corrected chi connectivity index (χ2v) is 7.24. The summed E-state index contributed by atoms with van der Waals surface area (Å²) >= 11 is 6.38. The smallest absolute Gasteiger partial charge is 0.163 e. The van der Waals surface area contributed by atoms with E-state index in [2.05, 4.69) is 15.9 Å². The lowest BCUT2D eigenvalue weighted by atomic mass is 10.1. The number of nitrogens with zero attached hydrogens (tertiary/aromatic N) is 4. The standard InChI is InChI=1S/C21H21ClN4O/c1-15(27)14-25-10-12-26(13-11-25)21-17-7-3-5-9-19(17)23-20(24-21)16-6-2-4-8-18(16)22/h2-9H,10-14H2,1H3. The monoisotopic (exact) mass is 380 g/mol. The largest absolute Gasteiger partial charge is 0.353 e. The molecule has 2 heterocycles. The number of hydrogen-bond acceptors (Lipinski definition) is 5. The van der Waals surface area contributed by atoms with Crippen LogP contribution in [0.4, 0.5) is 5.82 Å². The van der Waals surface area contributed by atoms with E-state index < -0.39 is 0 Å². The molecule has 0 atom stereocenters. The lowest BCUT2D eigenvalue weighted by Gasteiger charge is -2.35. The van der Waals surface area contributed by atoms with Crippen LogP contribution in [0.15, 0.2) is 48.5 Å². The summed E-state index contributed by atoms with van der Waals surface area (Å²) in [5.41, 5.74) is 1.74. The second-order valence-electron chi connectivity index (χ2n) is 6.83. The van der Waals surface area contributed by atoms with Crippen molar-refractivity contribution >= 4 is 34.1 Å². The van der Waals surface area contributed by atoms with E-state index in [1.54, 1.807) is 6.92 Å². The van der Waals surface area contributed by atoms with Gasteiger partial charge in [-0.1, -0.05) is 35.9 Å². The van der Waals surface area contributed by atoms with E-state index in [4.69, 9.17) is 21.6 Å². The summed E-state index contributed by atoms with van der Waals surface area (Å²) in [5.74, 6) is 1.77. The third-order valence-corrected chi connectivity index (χ3v) is 5.15. The minimum absolute atomic E-state index is 0.206. The van der Waals surface area contributed by atoms with Crippen LogP contribution in [0.1, 0.15) is 6.92 Å². The number of benzene rings is 2. The Labute approximate surface area is 163 Å². The van der Waals surface area contributed by atoms with Crippen molar-refractivity contribution in [1.29, 1.82) is 0 Å². The van der Waals surface area contributed by atoms with Crippen molar-refractivity contribution < 1.29 is 4.79 Å². The Hall–Kier alpha value is -2.50. The highest BCUT2D eigenvalue weighted by Crippen LogP contribution is 2.31. The van der Waals surface area contributed by atoms with Gasteiger partial charge in [0.05, 0.1) is 17.1 Å². The van der Waals surface area contributed by atoms with E-state index in [9.17, 15) is 4.79 Å². The number of piperazine rings is 1. The molecule has 0 saturated carbocycles. The quantitative estimate of drug-likeness (QED) is 0.691. The molecular formula is C21H21ClN4O. The zero-order valence-corrected chi connectivity index (χ0v) is 16.0. The average Bonchev–Trinajstić information content (AvgIpc) is 2.68. The van der Waals surface area contributed by atoms with Crippen LogP contribution < -0.4 is 4.90 Å². The van der Waals surface area contributed by atoms with Crippen LogP contribution in [0.5, 0.6) is 0 Å². The minimum atomic E-state index is 0.206. The van der Waals surface area contributed by atoms with Gasteiger partial charge >= 0.3 is 0 Å². The summed E-state index contributed by atoms with van der Waals surface area (Å²) in [4.78, 5) is 25.5. The highest BCUT2D eigenvalue weighted by molar-refractivity contribution is 6.33. The number of fused-ring (bicyclic) bond motifs is 1. The van der Waals surface area contributed by atoms with E-state index in [0.717, 1.165) is 48.5 Å². The molecule has 1 fully saturated rings. The summed E-state index contributed by atoms with van der Waals surface area (Å²) in [6, 6.07) is 15.7. The summed E-state index contributed by atoms with van der Waals surface area (Å²) in [6.07, 6.45) is 0. The van der Waals surface area contributed by atoms with Crippen molar-refractivity contribution in [3.8, 4) is 11.4 Å². The molecule has 1 aliphatic rings. The summed E-state index contributed by atoms with van der Waals surface area (Å²) in [7, 11) is 0. The van der Waals surface area contributed by atoms with Gasteiger partial charge < -0.3 is 4.90 Å². The highest BCUT2D eigenvalue weighted by atomic mass is 35.5. The molecule has 3 aromatic rings. The number of carbonyl (C=O) groups is 1. The van der Waals surface area contributed by atoms with Crippen molar-refractivity contribution in [2.75, 3.05) is 37.6 Å². The molecule has 0 aliphatic carbocycles. The molecule has 0 unspecified atom stereocenters. The Morgan fingerprint density at radius 1 is 1.00 bits per heavy atom. The topological polar surface area (TPSA) is 49.3 Å². The highest BCUT2D eigenvalue weighted by Gasteiger charge is 2.22. The van der Waals surface area contributed by atoms with E-state index in [0.29, 0.717) is 17.4 Å². The van der Waals surface area contributed by atoms with Gasteiger partial charge in [-0.05, 0) is 31.2 Å². The lowest BCUT2D eigenvalue weighted by Crippen LogP contribution is -2.48. The van der Waals surface area contributed by atoms with Gasteiger partial charge in [-0.3, -0.25) is 9.69 Å². The number of hydrogen-bond donors (Lipinski definition) is 0. The molecule has 0 N–H and O–H groups in total. The van der Waals surface area contributed by atoms with E-state index >= 15 is 0 Å². The molecule has 0 spiro atoms.